The van der Waals surface area contributed by atoms with Crippen LogP contribution in [-0.4, -0.2) is 36.6 Å². The molecule has 0 unspecified atom stereocenters. The third-order valence-electron chi connectivity index (χ3n) is 6.22. The molecule has 1 atom stereocenters. The van der Waals surface area contributed by atoms with Crippen LogP contribution in [0.3, 0.4) is 0 Å². The van der Waals surface area contributed by atoms with Gasteiger partial charge in [0.1, 0.15) is 6.04 Å². The summed E-state index contributed by atoms with van der Waals surface area (Å²) in [5.74, 6) is 0.689. The number of hydrogen-bond acceptors (Lipinski definition) is 5. The van der Waals surface area contributed by atoms with Crippen LogP contribution in [0.25, 0.3) is 10.9 Å². The smallest absolute Gasteiger partial charge is 0.253 e. The van der Waals surface area contributed by atoms with Crippen molar-refractivity contribution in [2.75, 3.05) is 6.54 Å². The number of aryl methyl sites for hydroxylation is 1. The largest absolute Gasteiger partial charge is 0.322 e. The van der Waals surface area contributed by atoms with E-state index in [0.29, 0.717) is 11.4 Å². The first kappa shape index (κ1) is 20.6. The molecular weight excluding hydrogens is 400 g/mol. The monoisotopic (exact) mass is 428 g/mol. The first-order chi connectivity index (χ1) is 15.3. The highest BCUT2D eigenvalue weighted by molar-refractivity contribution is 5.79. The van der Waals surface area contributed by atoms with Crippen molar-refractivity contribution in [2.45, 2.75) is 52.2 Å². The van der Waals surface area contributed by atoms with Gasteiger partial charge in [0.15, 0.2) is 5.82 Å². The maximum absolute atomic E-state index is 13.3. The predicted molar refractivity (Wildman–Crippen MR) is 125 cm³/mol. The molecule has 2 aromatic heterocycles. The van der Waals surface area contributed by atoms with Gasteiger partial charge in [0.05, 0.1) is 5.54 Å². The van der Waals surface area contributed by atoms with Gasteiger partial charge in [0, 0.05) is 24.2 Å². The Balaban J connectivity index is 1.70. The molecule has 1 aliphatic heterocycles. The molecule has 0 radical (unpaired) electrons. The van der Waals surface area contributed by atoms with Crippen LogP contribution in [0.4, 0.5) is 0 Å². The van der Waals surface area contributed by atoms with E-state index >= 15 is 0 Å². The molecule has 0 saturated carbocycles. The van der Waals surface area contributed by atoms with Crippen molar-refractivity contribution >= 4 is 10.9 Å². The average molecular weight is 429 g/mol. The van der Waals surface area contributed by atoms with Crippen molar-refractivity contribution in [1.29, 1.82) is 0 Å². The Hall–Kier alpha value is -3.32. The zero-order valence-electron chi connectivity index (χ0n) is 19.0. The Morgan fingerprint density at radius 2 is 1.84 bits per heavy atom. The van der Waals surface area contributed by atoms with Crippen molar-refractivity contribution in [3.63, 3.8) is 0 Å². The fraction of sp³-hybridized carbons (Fsp3) is 0.360. The van der Waals surface area contributed by atoms with Crippen molar-refractivity contribution < 1.29 is 0 Å². The molecule has 3 heterocycles. The van der Waals surface area contributed by atoms with Crippen LogP contribution in [0, 0.1) is 6.92 Å². The molecule has 0 spiro atoms. The lowest BCUT2D eigenvalue weighted by Gasteiger charge is -2.36. The summed E-state index contributed by atoms with van der Waals surface area (Å²) in [6.45, 7) is 9.84. The minimum Gasteiger partial charge on any atom is -0.322 e. The normalized spacial score (nSPS) is 15.6. The van der Waals surface area contributed by atoms with Crippen molar-refractivity contribution in [3.05, 3.63) is 87.0 Å². The molecular formula is C25H28N6O. The highest BCUT2D eigenvalue weighted by atomic mass is 16.1. The van der Waals surface area contributed by atoms with Gasteiger partial charge in [0.25, 0.3) is 5.56 Å². The number of hydrogen-bond donors (Lipinski definition) is 1. The second-order valence-corrected chi connectivity index (χ2v) is 9.66. The number of nitrogens with one attached hydrogen (secondary N) is 1. The first-order valence-corrected chi connectivity index (χ1v) is 11.0. The molecule has 0 aliphatic carbocycles. The van der Waals surface area contributed by atoms with E-state index in [-0.39, 0.29) is 17.1 Å². The van der Waals surface area contributed by atoms with Gasteiger partial charge in [0.2, 0.25) is 0 Å². The number of aromatic amines is 1. The molecule has 7 nitrogen and oxygen atoms in total. The van der Waals surface area contributed by atoms with E-state index in [9.17, 15) is 4.79 Å². The predicted octanol–water partition coefficient (Wildman–Crippen LogP) is 3.73. The number of fused-ring (bicyclic) bond motifs is 2. The highest BCUT2D eigenvalue weighted by Crippen LogP contribution is 2.33. The third kappa shape index (κ3) is 3.62. The molecule has 5 rings (SSSR count). The fourth-order valence-corrected chi connectivity index (χ4v) is 4.63. The number of nitrogens with zero attached hydrogens (tertiary/aromatic N) is 5. The summed E-state index contributed by atoms with van der Waals surface area (Å²) in [5, 5.41) is 13.7. The van der Waals surface area contributed by atoms with Crippen LogP contribution in [0.5, 0.6) is 0 Å². The number of H-pyrrole nitrogens is 1. The van der Waals surface area contributed by atoms with E-state index in [1.54, 1.807) is 0 Å². The minimum absolute atomic E-state index is 0.103. The van der Waals surface area contributed by atoms with Gasteiger partial charge in [-0.3, -0.25) is 9.69 Å². The summed E-state index contributed by atoms with van der Waals surface area (Å²) in [7, 11) is 0. The molecule has 0 amide bonds. The number of benzene rings is 2. The average Bonchev–Trinajstić information content (AvgIpc) is 3.25. The van der Waals surface area contributed by atoms with Crippen LogP contribution >= 0.6 is 0 Å². The van der Waals surface area contributed by atoms with E-state index in [1.165, 1.54) is 11.1 Å². The van der Waals surface area contributed by atoms with E-state index in [0.717, 1.165) is 36.0 Å². The van der Waals surface area contributed by atoms with Gasteiger partial charge < -0.3 is 4.98 Å². The molecule has 2 aromatic carbocycles. The number of rotatable bonds is 3. The Kier molecular flexibility index (Phi) is 4.93. The van der Waals surface area contributed by atoms with Gasteiger partial charge in [-0.2, -0.15) is 0 Å². The maximum atomic E-state index is 13.3. The van der Waals surface area contributed by atoms with E-state index in [2.05, 4.69) is 83.4 Å². The fourth-order valence-electron chi connectivity index (χ4n) is 4.63. The van der Waals surface area contributed by atoms with Crippen molar-refractivity contribution in [3.8, 4) is 0 Å². The molecule has 1 N–H and O–H groups in total. The summed E-state index contributed by atoms with van der Waals surface area (Å²) in [5.41, 5.74) is 4.88. The number of aromatic nitrogens is 5. The molecule has 164 valence electrons. The van der Waals surface area contributed by atoms with Crippen LogP contribution in [-0.2, 0) is 18.5 Å². The Morgan fingerprint density at radius 3 is 2.62 bits per heavy atom. The highest BCUT2D eigenvalue weighted by Gasteiger charge is 2.34. The summed E-state index contributed by atoms with van der Waals surface area (Å²) < 4.78 is 1.85. The van der Waals surface area contributed by atoms with Crippen LogP contribution in [0.2, 0.25) is 0 Å². The van der Waals surface area contributed by atoms with Gasteiger partial charge in [-0.1, -0.05) is 35.9 Å². The van der Waals surface area contributed by atoms with Gasteiger partial charge in [-0.15, -0.1) is 5.10 Å². The number of tetrazole rings is 1. The lowest BCUT2D eigenvalue weighted by Crippen LogP contribution is -2.40. The summed E-state index contributed by atoms with van der Waals surface area (Å²) in [4.78, 5) is 18.8. The van der Waals surface area contributed by atoms with Crippen molar-refractivity contribution in [2.24, 2.45) is 0 Å². The SMILES string of the molecule is Cc1ccc2[nH]c(=O)c([C@H](c3nnnn3C(C)(C)C)N3CCc4ccccc4C3)cc2c1. The van der Waals surface area contributed by atoms with E-state index in [1.807, 2.05) is 22.9 Å². The summed E-state index contributed by atoms with van der Waals surface area (Å²) in [6.07, 6.45) is 0.925. The summed E-state index contributed by atoms with van der Waals surface area (Å²) in [6, 6.07) is 16.2. The molecule has 32 heavy (non-hydrogen) atoms. The second-order valence-electron chi connectivity index (χ2n) is 9.66. The van der Waals surface area contributed by atoms with E-state index < -0.39 is 0 Å². The minimum atomic E-state index is -0.355. The molecule has 0 fully saturated rings. The van der Waals surface area contributed by atoms with Gasteiger partial charge in [-0.25, -0.2) is 4.68 Å². The Bertz CT molecular complexity index is 1350. The lowest BCUT2D eigenvalue weighted by molar-refractivity contribution is 0.185. The summed E-state index contributed by atoms with van der Waals surface area (Å²) >= 11 is 0. The second kappa shape index (κ2) is 7.67. The first-order valence-electron chi connectivity index (χ1n) is 11.0. The van der Waals surface area contributed by atoms with Crippen LogP contribution in [0.15, 0.2) is 53.3 Å². The zero-order chi connectivity index (χ0) is 22.5. The molecule has 4 aromatic rings. The van der Waals surface area contributed by atoms with Crippen LogP contribution in [0.1, 0.15) is 54.9 Å². The quantitative estimate of drug-likeness (QED) is 0.538. The zero-order valence-corrected chi connectivity index (χ0v) is 19.0. The topological polar surface area (TPSA) is 79.7 Å². The third-order valence-corrected chi connectivity index (χ3v) is 6.22. The van der Waals surface area contributed by atoms with Gasteiger partial charge >= 0.3 is 0 Å². The maximum Gasteiger partial charge on any atom is 0.253 e. The molecule has 0 bridgehead atoms. The van der Waals surface area contributed by atoms with Gasteiger partial charge in [-0.05, 0) is 79.3 Å². The van der Waals surface area contributed by atoms with E-state index in [4.69, 9.17) is 0 Å². The standard InChI is InChI=1S/C25H28N6O/c1-16-9-10-21-19(13-16)14-20(24(32)26-21)22(23-27-28-29-31(23)25(2,3)4)30-12-11-17-7-5-6-8-18(17)15-30/h5-10,13-14,22H,11-12,15H2,1-4H3,(H,26,32)/t22-/m1/s1. The van der Waals surface area contributed by atoms with Crippen molar-refractivity contribution in [1.82, 2.24) is 30.1 Å². The number of pyridine rings is 1. The molecule has 7 heteroatoms. The Morgan fingerprint density at radius 1 is 1.06 bits per heavy atom. The Labute approximate surface area is 187 Å². The molecule has 1 aliphatic rings. The molecule has 0 saturated heterocycles. The lowest BCUT2D eigenvalue weighted by atomic mass is 9.95. The van der Waals surface area contributed by atoms with Crippen LogP contribution < -0.4 is 5.56 Å².